The van der Waals surface area contributed by atoms with E-state index in [1.54, 1.807) is 0 Å². The number of hydrogen-bond acceptors (Lipinski definition) is 4. The average molecular weight is 265 g/mol. The van der Waals surface area contributed by atoms with Crippen LogP contribution in [0.15, 0.2) is 12.1 Å². The third-order valence-corrected chi connectivity index (χ3v) is 3.68. The van der Waals surface area contributed by atoms with Crippen LogP contribution in [0.2, 0.25) is 0 Å². The Morgan fingerprint density at radius 2 is 2.00 bits per heavy atom. The average Bonchev–Trinajstić information content (AvgIpc) is 2.83. The normalized spacial score (nSPS) is 15.0. The van der Waals surface area contributed by atoms with Gasteiger partial charge in [0.2, 0.25) is 6.79 Å². The second-order valence-electron chi connectivity index (χ2n) is 5.29. The van der Waals surface area contributed by atoms with Gasteiger partial charge in [0.15, 0.2) is 11.5 Å². The summed E-state index contributed by atoms with van der Waals surface area (Å²) in [5, 5.41) is 9.26. The molecule has 1 aromatic rings. The zero-order valence-electron chi connectivity index (χ0n) is 12.0. The Labute approximate surface area is 114 Å². The predicted octanol–water partition coefficient (Wildman–Crippen LogP) is 2.17. The molecule has 2 rings (SSSR count). The molecule has 0 radical (unpaired) electrons. The molecular weight excluding hydrogens is 242 g/mol. The first-order valence-electron chi connectivity index (χ1n) is 6.82. The van der Waals surface area contributed by atoms with Crippen LogP contribution in [0.5, 0.6) is 11.5 Å². The summed E-state index contributed by atoms with van der Waals surface area (Å²) in [5.41, 5.74) is 2.47. The van der Waals surface area contributed by atoms with Gasteiger partial charge in [-0.25, -0.2) is 0 Å². The zero-order chi connectivity index (χ0) is 13.8. The third kappa shape index (κ3) is 3.39. The van der Waals surface area contributed by atoms with Gasteiger partial charge < -0.3 is 19.5 Å². The van der Waals surface area contributed by atoms with Crippen LogP contribution in [0.4, 0.5) is 0 Å². The number of aliphatic hydroxyl groups is 1. The van der Waals surface area contributed by atoms with Crippen molar-refractivity contribution in [2.24, 2.45) is 5.92 Å². The van der Waals surface area contributed by atoms with E-state index in [0.717, 1.165) is 31.0 Å². The molecule has 0 saturated heterocycles. The molecule has 1 aliphatic heterocycles. The van der Waals surface area contributed by atoms with Crippen molar-refractivity contribution in [1.29, 1.82) is 0 Å². The lowest BCUT2D eigenvalue weighted by molar-refractivity contribution is 0.172. The van der Waals surface area contributed by atoms with Crippen molar-refractivity contribution >= 4 is 0 Å². The van der Waals surface area contributed by atoms with E-state index < -0.39 is 0 Å². The Morgan fingerprint density at radius 1 is 1.32 bits per heavy atom. The molecule has 0 aromatic heterocycles. The summed E-state index contributed by atoms with van der Waals surface area (Å²) >= 11 is 0. The molecule has 1 aliphatic rings. The molecule has 19 heavy (non-hydrogen) atoms. The largest absolute Gasteiger partial charge is 0.454 e. The zero-order valence-corrected chi connectivity index (χ0v) is 12.0. The topological polar surface area (TPSA) is 41.9 Å². The van der Waals surface area contributed by atoms with Crippen LogP contribution in [-0.4, -0.2) is 37.0 Å². The molecule has 0 saturated carbocycles. The van der Waals surface area contributed by atoms with Crippen LogP contribution < -0.4 is 9.47 Å². The molecule has 0 aliphatic carbocycles. The van der Waals surface area contributed by atoms with Crippen molar-refractivity contribution < 1.29 is 14.6 Å². The van der Waals surface area contributed by atoms with Gasteiger partial charge in [0.25, 0.3) is 0 Å². The van der Waals surface area contributed by atoms with E-state index in [-0.39, 0.29) is 6.61 Å². The second kappa shape index (κ2) is 6.26. The minimum atomic E-state index is 0.251. The number of rotatable bonds is 6. The molecule has 1 heterocycles. The molecule has 1 atom stereocenters. The molecule has 0 amide bonds. The maximum atomic E-state index is 9.26. The van der Waals surface area contributed by atoms with E-state index in [4.69, 9.17) is 9.47 Å². The van der Waals surface area contributed by atoms with Crippen molar-refractivity contribution in [3.63, 3.8) is 0 Å². The Balaban J connectivity index is 2.02. The SMILES string of the molecule is CCC(CO)CN(C)Cc1cc2c(cc1C)OCO2. The first kappa shape index (κ1) is 14.2. The van der Waals surface area contributed by atoms with Crippen LogP contribution >= 0.6 is 0 Å². The van der Waals surface area contributed by atoms with Gasteiger partial charge in [-0.2, -0.15) is 0 Å². The van der Waals surface area contributed by atoms with Crippen molar-refractivity contribution in [1.82, 2.24) is 4.90 Å². The van der Waals surface area contributed by atoms with Gasteiger partial charge in [0, 0.05) is 19.7 Å². The molecule has 4 heteroatoms. The van der Waals surface area contributed by atoms with E-state index in [2.05, 4.69) is 31.9 Å². The summed E-state index contributed by atoms with van der Waals surface area (Å²) in [4.78, 5) is 2.24. The van der Waals surface area contributed by atoms with Crippen molar-refractivity contribution in [2.75, 3.05) is 27.0 Å². The molecule has 4 nitrogen and oxygen atoms in total. The second-order valence-corrected chi connectivity index (χ2v) is 5.29. The highest BCUT2D eigenvalue weighted by Crippen LogP contribution is 2.34. The summed E-state index contributed by atoms with van der Waals surface area (Å²) in [7, 11) is 2.09. The molecule has 1 aromatic carbocycles. The summed E-state index contributed by atoms with van der Waals surface area (Å²) in [6, 6.07) is 4.10. The highest BCUT2D eigenvalue weighted by atomic mass is 16.7. The monoisotopic (exact) mass is 265 g/mol. The molecule has 0 fully saturated rings. The Bertz CT molecular complexity index is 430. The van der Waals surface area contributed by atoms with E-state index >= 15 is 0 Å². The fourth-order valence-electron chi connectivity index (χ4n) is 2.37. The van der Waals surface area contributed by atoms with Crippen molar-refractivity contribution in [3.8, 4) is 11.5 Å². The Kier molecular flexibility index (Phi) is 4.66. The summed E-state index contributed by atoms with van der Waals surface area (Å²) in [6.07, 6.45) is 1.00. The van der Waals surface area contributed by atoms with Crippen LogP contribution in [-0.2, 0) is 6.54 Å². The summed E-state index contributed by atoms with van der Waals surface area (Å²) < 4.78 is 10.8. The Morgan fingerprint density at radius 3 is 2.63 bits per heavy atom. The molecule has 106 valence electrons. The lowest BCUT2D eigenvalue weighted by Crippen LogP contribution is -2.27. The number of ether oxygens (including phenoxy) is 2. The van der Waals surface area contributed by atoms with Crippen LogP contribution in [0.3, 0.4) is 0 Å². The van der Waals surface area contributed by atoms with Gasteiger partial charge in [-0.05, 0) is 49.6 Å². The fraction of sp³-hybridized carbons (Fsp3) is 0.600. The quantitative estimate of drug-likeness (QED) is 0.856. The number of hydrogen-bond donors (Lipinski definition) is 1. The maximum absolute atomic E-state index is 9.26. The number of benzene rings is 1. The highest BCUT2D eigenvalue weighted by molar-refractivity contribution is 5.48. The summed E-state index contributed by atoms with van der Waals surface area (Å²) in [6.45, 7) is 6.53. The van der Waals surface area contributed by atoms with Crippen LogP contribution in [0.1, 0.15) is 24.5 Å². The van der Waals surface area contributed by atoms with E-state index in [1.165, 1.54) is 11.1 Å². The summed E-state index contributed by atoms with van der Waals surface area (Å²) in [5.74, 6) is 2.02. The minimum absolute atomic E-state index is 0.251. The van der Waals surface area contributed by atoms with Crippen molar-refractivity contribution in [2.45, 2.75) is 26.8 Å². The van der Waals surface area contributed by atoms with Crippen LogP contribution in [0.25, 0.3) is 0 Å². The predicted molar refractivity (Wildman–Crippen MR) is 74.5 cm³/mol. The van der Waals surface area contributed by atoms with Crippen LogP contribution in [0, 0.1) is 12.8 Å². The van der Waals surface area contributed by atoms with Gasteiger partial charge in [-0.3, -0.25) is 0 Å². The fourth-order valence-corrected chi connectivity index (χ4v) is 2.37. The standard InChI is InChI=1S/C15H23NO3/c1-4-12(9-17)7-16(3)8-13-6-15-14(5-11(13)2)18-10-19-15/h5-6,12,17H,4,7-10H2,1-3H3. The van der Waals surface area contributed by atoms with Gasteiger partial charge in [-0.15, -0.1) is 0 Å². The lowest BCUT2D eigenvalue weighted by atomic mass is 10.0. The molecule has 1 N–H and O–H groups in total. The number of fused-ring (bicyclic) bond motifs is 1. The number of nitrogens with zero attached hydrogens (tertiary/aromatic N) is 1. The molecule has 0 bridgehead atoms. The lowest BCUT2D eigenvalue weighted by Gasteiger charge is -2.22. The van der Waals surface area contributed by atoms with Gasteiger partial charge in [0.05, 0.1) is 0 Å². The van der Waals surface area contributed by atoms with E-state index in [9.17, 15) is 5.11 Å². The van der Waals surface area contributed by atoms with Gasteiger partial charge in [-0.1, -0.05) is 6.92 Å². The van der Waals surface area contributed by atoms with Gasteiger partial charge >= 0.3 is 0 Å². The third-order valence-electron chi connectivity index (χ3n) is 3.68. The van der Waals surface area contributed by atoms with E-state index in [1.807, 2.05) is 6.07 Å². The number of aliphatic hydroxyl groups excluding tert-OH is 1. The molecular formula is C15H23NO3. The molecule has 0 spiro atoms. The van der Waals surface area contributed by atoms with Crippen molar-refractivity contribution in [3.05, 3.63) is 23.3 Å². The smallest absolute Gasteiger partial charge is 0.231 e. The Hall–Kier alpha value is -1.26. The van der Waals surface area contributed by atoms with Gasteiger partial charge in [0.1, 0.15) is 0 Å². The van der Waals surface area contributed by atoms with E-state index in [0.29, 0.717) is 12.7 Å². The first-order chi connectivity index (χ1) is 9.13. The highest BCUT2D eigenvalue weighted by Gasteiger charge is 2.17. The minimum Gasteiger partial charge on any atom is -0.454 e. The molecule has 1 unspecified atom stereocenters. The number of aryl methyl sites for hydroxylation is 1. The maximum Gasteiger partial charge on any atom is 0.231 e. The first-order valence-corrected chi connectivity index (χ1v) is 6.82.